The Bertz CT molecular complexity index is 310. The number of phenolic OH excluding ortho intramolecular Hbond substituents is 1. The summed E-state index contributed by atoms with van der Waals surface area (Å²) < 4.78 is 0. The lowest BCUT2D eigenvalue weighted by molar-refractivity contribution is 0.474. The van der Waals surface area contributed by atoms with E-state index >= 15 is 0 Å². The SMILES string of the molecule is C=CCSCCNC(C)c1ccc(O)cc1. The Balaban J connectivity index is 2.26. The average molecular weight is 237 g/mol. The van der Waals surface area contributed by atoms with Crippen LogP contribution in [0.4, 0.5) is 0 Å². The topological polar surface area (TPSA) is 32.3 Å². The smallest absolute Gasteiger partial charge is 0.115 e. The zero-order chi connectivity index (χ0) is 11.8. The van der Waals surface area contributed by atoms with Gasteiger partial charge < -0.3 is 10.4 Å². The molecule has 88 valence electrons. The fraction of sp³-hybridized carbons (Fsp3) is 0.385. The predicted molar refractivity (Wildman–Crippen MR) is 72.0 cm³/mol. The second-order valence-corrected chi connectivity index (χ2v) is 4.78. The van der Waals surface area contributed by atoms with Crippen molar-refractivity contribution >= 4 is 11.8 Å². The zero-order valence-electron chi connectivity index (χ0n) is 9.65. The fourth-order valence-corrected chi connectivity index (χ4v) is 1.99. The molecule has 1 aromatic rings. The standard InChI is InChI=1S/C13H19NOS/c1-3-9-16-10-8-14-11(2)12-4-6-13(15)7-5-12/h3-7,11,14-15H,1,8-10H2,2H3. The third-order valence-corrected chi connectivity index (χ3v) is 3.29. The minimum Gasteiger partial charge on any atom is -0.508 e. The third kappa shape index (κ3) is 4.73. The van der Waals surface area contributed by atoms with E-state index in [9.17, 15) is 5.11 Å². The Hall–Kier alpha value is -0.930. The first-order valence-electron chi connectivity index (χ1n) is 5.45. The molecule has 0 saturated heterocycles. The van der Waals surface area contributed by atoms with Crippen LogP contribution in [0.5, 0.6) is 5.75 Å². The van der Waals surface area contributed by atoms with Gasteiger partial charge in [0.05, 0.1) is 0 Å². The van der Waals surface area contributed by atoms with Crippen LogP contribution in [0.25, 0.3) is 0 Å². The van der Waals surface area contributed by atoms with E-state index in [2.05, 4.69) is 18.8 Å². The van der Waals surface area contributed by atoms with E-state index in [4.69, 9.17) is 0 Å². The number of phenols is 1. The van der Waals surface area contributed by atoms with E-state index in [0.717, 1.165) is 18.1 Å². The molecule has 0 aliphatic rings. The summed E-state index contributed by atoms with van der Waals surface area (Å²) in [5, 5.41) is 12.6. The van der Waals surface area contributed by atoms with E-state index in [1.807, 2.05) is 30.0 Å². The van der Waals surface area contributed by atoms with Gasteiger partial charge in [0.2, 0.25) is 0 Å². The van der Waals surface area contributed by atoms with Crippen LogP contribution in [-0.4, -0.2) is 23.2 Å². The van der Waals surface area contributed by atoms with E-state index in [1.54, 1.807) is 12.1 Å². The van der Waals surface area contributed by atoms with Gasteiger partial charge in [-0.15, -0.1) is 6.58 Å². The van der Waals surface area contributed by atoms with Crippen LogP contribution < -0.4 is 5.32 Å². The van der Waals surface area contributed by atoms with E-state index < -0.39 is 0 Å². The molecule has 3 heteroatoms. The summed E-state index contributed by atoms with van der Waals surface area (Å²) in [7, 11) is 0. The summed E-state index contributed by atoms with van der Waals surface area (Å²) in [5.41, 5.74) is 1.20. The first-order chi connectivity index (χ1) is 7.74. The maximum absolute atomic E-state index is 9.18. The molecule has 0 radical (unpaired) electrons. The van der Waals surface area contributed by atoms with Crippen molar-refractivity contribution in [1.29, 1.82) is 0 Å². The molecule has 2 N–H and O–H groups in total. The maximum Gasteiger partial charge on any atom is 0.115 e. The van der Waals surface area contributed by atoms with Gasteiger partial charge >= 0.3 is 0 Å². The highest BCUT2D eigenvalue weighted by Gasteiger charge is 2.03. The lowest BCUT2D eigenvalue weighted by Gasteiger charge is -2.13. The molecular formula is C13H19NOS. The molecule has 0 aliphatic carbocycles. The molecule has 0 aromatic heterocycles. The zero-order valence-corrected chi connectivity index (χ0v) is 10.5. The van der Waals surface area contributed by atoms with Crippen molar-refractivity contribution in [2.45, 2.75) is 13.0 Å². The van der Waals surface area contributed by atoms with Gasteiger partial charge in [-0.2, -0.15) is 11.8 Å². The van der Waals surface area contributed by atoms with Crippen molar-refractivity contribution in [3.05, 3.63) is 42.5 Å². The van der Waals surface area contributed by atoms with Crippen molar-refractivity contribution in [3.63, 3.8) is 0 Å². The Labute approximate surface area is 102 Å². The van der Waals surface area contributed by atoms with Crippen LogP contribution in [0, 0.1) is 0 Å². The minimum atomic E-state index is 0.317. The number of aromatic hydroxyl groups is 1. The van der Waals surface area contributed by atoms with Crippen LogP contribution in [0.3, 0.4) is 0 Å². The lowest BCUT2D eigenvalue weighted by atomic mass is 10.1. The van der Waals surface area contributed by atoms with Gasteiger partial charge in [-0.1, -0.05) is 18.2 Å². The van der Waals surface area contributed by atoms with Crippen LogP contribution in [0.15, 0.2) is 36.9 Å². The molecule has 0 bridgehead atoms. The van der Waals surface area contributed by atoms with Crippen LogP contribution in [0.2, 0.25) is 0 Å². The van der Waals surface area contributed by atoms with Gasteiger partial charge in [0.15, 0.2) is 0 Å². The fourth-order valence-electron chi connectivity index (χ4n) is 1.40. The number of hydrogen-bond acceptors (Lipinski definition) is 3. The van der Waals surface area contributed by atoms with Gasteiger partial charge in [0.25, 0.3) is 0 Å². The Morgan fingerprint density at radius 2 is 2.12 bits per heavy atom. The van der Waals surface area contributed by atoms with Crippen molar-refractivity contribution in [2.75, 3.05) is 18.1 Å². The Morgan fingerprint density at radius 1 is 1.44 bits per heavy atom. The van der Waals surface area contributed by atoms with Gasteiger partial charge in [0, 0.05) is 24.1 Å². The normalized spacial score (nSPS) is 12.3. The van der Waals surface area contributed by atoms with Crippen molar-refractivity contribution in [3.8, 4) is 5.75 Å². The first-order valence-corrected chi connectivity index (χ1v) is 6.60. The van der Waals surface area contributed by atoms with Crippen LogP contribution in [0.1, 0.15) is 18.5 Å². The van der Waals surface area contributed by atoms with Crippen LogP contribution in [-0.2, 0) is 0 Å². The van der Waals surface area contributed by atoms with E-state index in [1.165, 1.54) is 5.56 Å². The quantitative estimate of drug-likeness (QED) is 0.565. The number of hydrogen-bond donors (Lipinski definition) is 2. The van der Waals surface area contributed by atoms with Crippen LogP contribution >= 0.6 is 11.8 Å². The van der Waals surface area contributed by atoms with Gasteiger partial charge in [-0.05, 0) is 24.6 Å². The van der Waals surface area contributed by atoms with Gasteiger partial charge in [-0.3, -0.25) is 0 Å². The lowest BCUT2D eigenvalue weighted by Crippen LogP contribution is -2.21. The molecule has 0 amide bonds. The van der Waals surface area contributed by atoms with E-state index in [-0.39, 0.29) is 0 Å². The minimum absolute atomic E-state index is 0.317. The molecule has 2 nitrogen and oxygen atoms in total. The number of benzene rings is 1. The van der Waals surface area contributed by atoms with Crippen molar-refractivity contribution < 1.29 is 5.11 Å². The molecule has 1 unspecified atom stereocenters. The monoisotopic (exact) mass is 237 g/mol. The third-order valence-electron chi connectivity index (χ3n) is 2.33. The molecular weight excluding hydrogens is 218 g/mol. The largest absolute Gasteiger partial charge is 0.508 e. The molecule has 0 heterocycles. The average Bonchev–Trinajstić information content (AvgIpc) is 2.29. The highest BCUT2D eigenvalue weighted by Crippen LogP contribution is 2.16. The van der Waals surface area contributed by atoms with Gasteiger partial charge in [0.1, 0.15) is 5.75 Å². The highest BCUT2D eigenvalue weighted by molar-refractivity contribution is 7.99. The molecule has 0 aliphatic heterocycles. The first kappa shape index (κ1) is 13.1. The summed E-state index contributed by atoms with van der Waals surface area (Å²) in [5.74, 6) is 2.42. The molecule has 1 atom stereocenters. The number of thioether (sulfide) groups is 1. The summed E-state index contributed by atoms with van der Waals surface area (Å²) in [6.07, 6.45) is 1.92. The van der Waals surface area contributed by atoms with Crippen molar-refractivity contribution in [2.24, 2.45) is 0 Å². The predicted octanol–water partition coefficient (Wildman–Crippen LogP) is 2.96. The summed E-state index contributed by atoms with van der Waals surface area (Å²) in [6.45, 7) is 6.80. The molecule has 0 saturated carbocycles. The Morgan fingerprint density at radius 3 is 2.75 bits per heavy atom. The highest BCUT2D eigenvalue weighted by atomic mass is 32.2. The molecule has 1 rings (SSSR count). The summed E-state index contributed by atoms with van der Waals surface area (Å²) in [6, 6.07) is 7.67. The maximum atomic E-state index is 9.18. The number of rotatable bonds is 7. The Kier molecular flexibility index (Phi) is 6.04. The molecule has 16 heavy (non-hydrogen) atoms. The second-order valence-electron chi connectivity index (χ2n) is 3.63. The molecule has 0 spiro atoms. The summed E-state index contributed by atoms with van der Waals surface area (Å²) >= 11 is 1.87. The van der Waals surface area contributed by atoms with Crippen molar-refractivity contribution in [1.82, 2.24) is 5.32 Å². The number of nitrogens with one attached hydrogen (secondary N) is 1. The molecule has 1 aromatic carbocycles. The second kappa shape index (κ2) is 7.36. The molecule has 0 fully saturated rings. The summed E-state index contributed by atoms with van der Waals surface area (Å²) in [4.78, 5) is 0. The van der Waals surface area contributed by atoms with E-state index in [0.29, 0.717) is 11.8 Å². The van der Waals surface area contributed by atoms with Gasteiger partial charge in [-0.25, -0.2) is 0 Å².